The van der Waals surface area contributed by atoms with Crippen molar-refractivity contribution in [3.05, 3.63) is 35.4 Å². The van der Waals surface area contributed by atoms with Crippen LogP contribution in [0.3, 0.4) is 0 Å². The number of halogens is 3. The third-order valence-corrected chi connectivity index (χ3v) is 7.17. The molecule has 0 radical (unpaired) electrons. The van der Waals surface area contributed by atoms with Crippen LogP contribution in [0, 0.1) is 0 Å². The molecule has 176 valence electrons. The summed E-state index contributed by atoms with van der Waals surface area (Å²) in [4.78, 5) is 31.6. The highest BCUT2D eigenvalue weighted by Gasteiger charge is 2.45. The van der Waals surface area contributed by atoms with Crippen molar-refractivity contribution >= 4 is 11.8 Å². The molecule has 3 aliphatic rings. The average Bonchev–Trinajstić information content (AvgIpc) is 3.41. The summed E-state index contributed by atoms with van der Waals surface area (Å²) in [5.41, 5.74) is 0.0879. The Bertz CT molecular complexity index is 824. The second kappa shape index (κ2) is 9.39. The Morgan fingerprint density at radius 2 is 1.81 bits per heavy atom. The number of alkyl halides is 3. The molecule has 9 heteroatoms. The summed E-state index contributed by atoms with van der Waals surface area (Å²) in [6, 6.07) is 4.93. The first-order valence-corrected chi connectivity index (χ1v) is 11.4. The van der Waals surface area contributed by atoms with E-state index in [9.17, 15) is 22.8 Å². The zero-order valence-electron chi connectivity index (χ0n) is 18.4. The van der Waals surface area contributed by atoms with Crippen LogP contribution in [0.2, 0.25) is 0 Å². The van der Waals surface area contributed by atoms with Crippen LogP contribution in [0.25, 0.3) is 0 Å². The smallest absolute Gasteiger partial charge is 0.353 e. The van der Waals surface area contributed by atoms with E-state index in [0.29, 0.717) is 32.5 Å². The molecule has 1 aromatic rings. The monoisotopic (exact) mass is 452 g/mol. The van der Waals surface area contributed by atoms with Crippen molar-refractivity contribution in [2.45, 2.75) is 63.0 Å². The first kappa shape index (κ1) is 23.0. The van der Waals surface area contributed by atoms with E-state index in [2.05, 4.69) is 15.1 Å². The third kappa shape index (κ3) is 4.93. The van der Waals surface area contributed by atoms with Crippen LogP contribution in [-0.2, 0) is 22.3 Å². The highest BCUT2D eigenvalue weighted by atomic mass is 19.4. The van der Waals surface area contributed by atoms with E-state index >= 15 is 0 Å². The van der Waals surface area contributed by atoms with E-state index in [1.54, 1.807) is 0 Å². The number of likely N-dealkylation sites (N-methyl/N-ethyl adjacent to an activating group) is 1. The van der Waals surface area contributed by atoms with E-state index in [0.717, 1.165) is 50.0 Å². The number of rotatable bonds is 5. The zero-order chi connectivity index (χ0) is 22.9. The second-order valence-electron chi connectivity index (χ2n) is 9.16. The standard InChI is InChI=1S/C23H31F3N4O2/c1-28-18(8-9-20(31)29-11-2-3-12-29)14-27-22(32)21-19(28)10-13-30(21)15-16-4-6-17(7-5-16)23(24,25)26/h4-7,18-19,21H,2-3,8-15H2,1H3,(H,27,32)/t18-,19-,21-/m0/s1. The van der Waals surface area contributed by atoms with Crippen molar-refractivity contribution in [1.82, 2.24) is 20.0 Å². The number of benzene rings is 1. The lowest BCUT2D eigenvalue weighted by molar-refractivity contribution is -0.137. The number of hydrogen-bond acceptors (Lipinski definition) is 4. The van der Waals surface area contributed by atoms with Gasteiger partial charge in [0.25, 0.3) is 0 Å². The van der Waals surface area contributed by atoms with Crippen LogP contribution in [0.4, 0.5) is 13.2 Å². The molecule has 1 aromatic carbocycles. The van der Waals surface area contributed by atoms with Gasteiger partial charge in [-0.25, -0.2) is 0 Å². The van der Waals surface area contributed by atoms with Crippen molar-refractivity contribution in [2.24, 2.45) is 0 Å². The van der Waals surface area contributed by atoms with Crippen molar-refractivity contribution in [3.63, 3.8) is 0 Å². The van der Waals surface area contributed by atoms with Crippen LogP contribution >= 0.6 is 0 Å². The first-order valence-electron chi connectivity index (χ1n) is 11.4. The van der Waals surface area contributed by atoms with Gasteiger partial charge in [0.1, 0.15) is 6.04 Å². The molecule has 4 rings (SSSR count). The first-order chi connectivity index (χ1) is 15.2. The maximum atomic E-state index is 12.9. The lowest BCUT2D eigenvalue weighted by atomic mass is 10.0. The lowest BCUT2D eigenvalue weighted by Gasteiger charge is -2.33. The molecule has 3 fully saturated rings. The predicted molar refractivity (Wildman–Crippen MR) is 114 cm³/mol. The maximum absolute atomic E-state index is 12.9. The minimum absolute atomic E-state index is 0.0267. The molecule has 0 bridgehead atoms. The fourth-order valence-corrected chi connectivity index (χ4v) is 5.27. The summed E-state index contributed by atoms with van der Waals surface area (Å²) in [6.07, 6.45) is -0.211. The van der Waals surface area contributed by atoms with Crippen LogP contribution < -0.4 is 5.32 Å². The predicted octanol–water partition coefficient (Wildman–Crippen LogP) is 2.48. The Kier molecular flexibility index (Phi) is 6.76. The number of carbonyl (C=O) groups is 2. The molecule has 0 unspecified atom stereocenters. The Hall–Kier alpha value is -2.13. The zero-order valence-corrected chi connectivity index (χ0v) is 18.4. The molecular weight excluding hydrogens is 421 g/mol. The summed E-state index contributed by atoms with van der Waals surface area (Å²) >= 11 is 0. The fourth-order valence-electron chi connectivity index (χ4n) is 5.27. The van der Waals surface area contributed by atoms with Crippen LogP contribution in [-0.4, -0.2) is 77.9 Å². The number of fused-ring (bicyclic) bond motifs is 1. The summed E-state index contributed by atoms with van der Waals surface area (Å²) < 4.78 is 38.5. The normalized spacial score (nSPS) is 27.3. The SMILES string of the molecule is CN1[C@@H](CCC(=O)N2CCCC2)CNC(=O)[C@@H]2[C@@H]1CCN2Cc1ccc(C(F)(F)F)cc1. The molecule has 0 aliphatic carbocycles. The van der Waals surface area contributed by atoms with Gasteiger partial charge in [-0.2, -0.15) is 13.2 Å². The van der Waals surface area contributed by atoms with E-state index < -0.39 is 11.7 Å². The van der Waals surface area contributed by atoms with Gasteiger partial charge in [0.2, 0.25) is 11.8 Å². The van der Waals surface area contributed by atoms with Gasteiger partial charge in [-0.05, 0) is 50.4 Å². The minimum Gasteiger partial charge on any atom is -0.353 e. The number of nitrogens with zero attached hydrogens (tertiary/aromatic N) is 3. The number of nitrogens with one attached hydrogen (secondary N) is 1. The van der Waals surface area contributed by atoms with Gasteiger partial charge in [0.05, 0.1) is 5.56 Å². The molecule has 0 saturated carbocycles. The molecule has 0 spiro atoms. The minimum atomic E-state index is -4.35. The van der Waals surface area contributed by atoms with Crippen molar-refractivity contribution < 1.29 is 22.8 Å². The molecule has 32 heavy (non-hydrogen) atoms. The van der Waals surface area contributed by atoms with Crippen molar-refractivity contribution in [2.75, 3.05) is 33.2 Å². The molecule has 6 nitrogen and oxygen atoms in total. The van der Waals surface area contributed by atoms with Gasteiger partial charge in [-0.3, -0.25) is 19.4 Å². The summed E-state index contributed by atoms with van der Waals surface area (Å²) in [6.45, 7) is 3.33. The molecule has 0 aromatic heterocycles. The Labute approximate surface area is 186 Å². The van der Waals surface area contributed by atoms with Crippen LogP contribution in [0.1, 0.15) is 43.2 Å². The van der Waals surface area contributed by atoms with E-state index in [4.69, 9.17) is 0 Å². The number of carbonyl (C=O) groups excluding carboxylic acids is 2. The van der Waals surface area contributed by atoms with Crippen LogP contribution in [0.5, 0.6) is 0 Å². The highest BCUT2D eigenvalue weighted by Crippen LogP contribution is 2.31. The number of amides is 2. The number of hydrogen-bond donors (Lipinski definition) is 1. The Balaban J connectivity index is 1.38. The summed E-state index contributed by atoms with van der Waals surface area (Å²) in [7, 11) is 2.02. The van der Waals surface area contributed by atoms with Gasteiger partial charge in [0, 0.05) is 51.2 Å². The molecule has 3 aliphatic heterocycles. The van der Waals surface area contributed by atoms with Crippen molar-refractivity contribution in [3.8, 4) is 0 Å². The van der Waals surface area contributed by atoms with Gasteiger partial charge in [0.15, 0.2) is 0 Å². The quantitative estimate of drug-likeness (QED) is 0.746. The lowest BCUT2D eigenvalue weighted by Crippen LogP contribution is -2.49. The topological polar surface area (TPSA) is 55.9 Å². The van der Waals surface area contributed by atoms with E-state index in [1.165, 1.54) is 12.1 Å². The average molecular weight is 453 g/mol. The van der Waals surface area contributed by atoms with Gasteiger partial charge < -0.3 is 10.2 Å². The molecular formula is C23H31F3N4O2. The number of likely N-dealkylation sites (tertiary alicyclic amines) is 2. The second-order valence-corrected chi connectivity index (χ2v) is 9.16. The highest BCUT2D eigenvalue weighted by molar-refractivity contribution is 5.83. The fraction of sp³-hybridized carbons (Fsp3) is 0.652. The molecule has 3 saturated heterocycles. The van der Waals surface area contributed by atoms with Gasteiger partial charge >= 0.3 is 6.18 Å². The summed E-state index contributed by atoms with van der Waals surface area (Å²) in [5.74, 6) is 0.151. The summed E-state index contributed by atoms with van der Waals surface area (Å²) in [5, 5.41) is 3.04. The van der Waals surface area contributed by atoms with Gasteiger partial charge in [-0.1, -0.05) is 12.1 Å². The molecule has 1 N–H and O–H groups in total. The Morgan fingerprint density at radius 1 is 1.12 bits per heavy atom. The molecule has 3 atom stereocenters. The van der Waals surface area contributed by atoms with Gasteiger partial charge in [-0.15, -0.1) is 0 Å². The Morgan fingerprint density at radius 3 is 2.47 bits per heavy atom. The molecule has 3 heterocycles. The maximum Gasteiger partial charge on any atom is 0.416 e. The van der Waals surface area contributed by atoms with E-state index in [-0.39, 0.29) is 29.9 Å². The van der Waals surface area contributed by atoms with Crippen LogP contribution in [0.15, 0.2) is 24.3 Å². The van der Waals surface area contributed by atoms with Crippen molar-refractivity contribution in [1.29, 1.82) is 0 Å². The third-order valence-electron chi connectivity index (χ3n) is 7.17. The largest absolute Gasteiger partial charge is 0.416 e. The molecule has 2 amide bonds. The van der Waals surface area contributed by atoms with E-state index in [1.807, 2.05) is 11.9 Å².